The van der Waals surface area contributed by atoms with E-state index in [4.69, 9.17) is 4.74 Å². The van der Waals surface area contributed by atoms with Gasteiger partial charge in [0.05, 0.1) is 6.54 Å². The number of carbonyl (C=O) groups excluding carboxylic acids is 1. The van der Waals surface area contributed by atoms with Gasteiger partial charge in [-0.25, -0.2) is 0 Å². The van der Waals surface area contributed by atoms with Crippen LogP contribution < -0.4 is 9.64 Å². The van der Waals surface area contributed by atoms with Gasteiger partial charge in [-0.1, -0.05) is 54.6 Å². The van der Waals surface area contributed by atoms with Gasteiger partial charge in [0, 0.05) is 11.3 Å². The highest BCUT2D eigenvalue weighted by Crippen LogP contribution is 2.17. The van der Waals surface area contributed by atoms with E-state index in [2.05, 4.69) is 0 Å². The summed E-state index contributed by atoms with van der Waals surface area (Å²) in [5.41, 5.74) is 1.53. The van der Waals surface area contributed by atoms with Crippen LogP contribution in [0.15, 0.2) is 91.0 Å². The Morgan fingerprint density at radius 3 is 1.92 bits per heavy atom. The maximum atomic E-state index is 12.9. The Morgan fingerprint density at radius 1 is 0.750 bits per heavy atom. The van der Waals surface area contributed by atoms with Crippen molar-refractivity contribution >= 4 is 11.6 Å². The fourth-order valence-corrected chi connectivity index (χ4v) is 2.46. The topological polar surface area (TPSA) is 29.5 Å². The Labute approximate surface area is 142 Å². The number of carbonyl (C=O) groups is 1. The van der Waals surface area contributed by atoms with Gasteiger partial charge in [0.15, 0.2) is 0 Å². The first kappa shape index (κ1) is 15.8. The molecule has 0 atom stereocenters. The molecule has 0 aliphatic heterocycles. The smallest absolute Gasteiger partial charge is 0.258 e. The van der Waals surface area contributed by atoms with E-state index in [1.807, 2.05) is 91.0 Å². The summed E-state index contributed by atoms with van der Waals surface area (Å²) in [5, 5.41) is 0. The van der Waals surface area contributed by atoms with Gasteiger partial charge in [-0.05, 0) is 36.4 Å². The van der Waals surface area contributed by atoms with Crippen LogP contribution in [0.4, 0.5) is 5.69 Å². The summed E-state index contributed by atoms with van der Waals surface area (Å²) in [6, 6.07) is 28.6. The highest BCUT2D eigenvalue weighted by molar-refractivity contribution is 6.06. The van der Waals surface area contributed by atoms with Gasteiger partial charge in [-0.2, -0.15) is 0 Å². The van der Waals surface area contributed by atoms with Gasteiger partial charge in [0.1, 0.15) is 12.4 Å². The van der Waals surface area contributed by atoms with Crippen molar-refractivity contribution < 1.29 is 9.53 Å². The SMILES string of the molecule is O=C(c1ccccc1)N(CCOc1ccccc1)c1ccccc1. The third-order valence-corrected chi connectivity index (χ3v) is 3.66. The zero-order valence-electron chi connectivity index (χ0n) is 13.3. The molecular weight excluding hydrogens is 298 g/mol. The molecule has 3 aromatic carbocycles. The molecule has 24 heavy (non-hydrogen) atoms. The third kappa shape index (κ3) is 4.02. The van der Waals surface area contributed by atoms with Gasteiger partial charge in [0.2, 0.25) is 0 Å². The lowest BCUT2D eigenvalue weighted by Gasteiger charge is -2.23. The molecule has 0 saturated heterocycles. The van der Waals surface area contributed by atoms with Crippen LogP contribution in [0, 0.1) is 0 Å². The number of benzene rings is 3. The van der Waals surface area contributed by atoms with Crippen LogP contribution in [-0.2, 0) is 0 Å². The van der Waals surface area contributed by atoms with Crippen molar-refractivity contribution in [3.8, 4) is 5.75 Å². The lowest BCUT2D eigenvalue weighted by molar-refractivity contribution is 0.0982. The van der Waals surface area contributed by atoms with E-state index < -0.39 is 0 Å². The van der Waals surface area contributed by atoms with Crippen LogP contribution in [0.2, 0.25) is 0 Å². The first-order chi connectivity index (χ1) is 11.8. The molecule has 0 bridgehead atoms. The molecule has 0 unspecified atom stereocenters. The standard InChI is InChI=1S/C21H19NO2/c23-21(18-10-4-1-5-11-18)22(19-12-6-2-7-13-19)16-17-24-20-14-8-3-9-15-20/h1-15H,16-17H2. The second kappa shape index (κ2) is 7.97. The van der Waals surface area contributed by atoms with Crippen LogP contribution in [-0.4, -0.2) is 19.1 Å². The summed E-state index contributed by atoms with van der Waals surface area (Å²) >= 11 is 0. The molecule has 0 N–H and O–H groups in total. The van der Waals surface area contributed by atoms with Gasteiger partial charge < -0.3 is 9.64 Å². The first-order valence-corrected chi connectivity index (χ1v) is 7.94. The number of anilines is 1. The Bertz CT molecular complexity index is 758. The zero-order chi connectivity index (χ0) is 16.6. The minimum atomic E-state index is -0.0292. The molecule has 0 aliphatic rings. The summed E-state index contributed by atoms with van der Waals surface area (Å²) in [5.74, 6) is 0.774. The van der Waals surface area contributed by atoms with E-state index in [9.17, 15) is 4.79 Å². The van der Waals surface area contributed by atoms with Gasteiger partial charge in [0.25, 0.3) is 5.91 Å². The molecule has 3 rings (SSSR count). The van der Waals surface area contributed by atoms with Gasteiger partial charge >= 0.3 is 0 Å². The Balaban J connectivity index is 1.74. The number of nitrogens with zero attached hydrogens (tertiary/aromatic N) is 1. The second-order valence-electron chi connectivity index (χ2n) is 5.32. The molecule has 0 aliphatic carbocycles. The van der Waals surface area contributed by atoms with Crippen LogP contribution in [0.5, 0.6) is 5.75 Å². The Hall–Kier alpha value is -3.07. The summed E-state index contributed by atoms with van der Waals surface area (Å²) in [4.78, 5) is 14.6. The Kier molecular flexibility index (Phi) is 5.25. The molecule has 0 heterocycles. The Morgan fingerprint density at radius 2 is 1.29 bits per heavy atom. The van der Waals surface area contributed by atoms with Crippen LogP contribution in [0.25, 0.3) is 0 Å². The molecule has 1 amide bonds. The normalized spacial score (nSPS) is 10.2. The van der Waals surface area contributed by atoms with Crippen LogP contribution in [0.1, 0.15) is 10.4 Å². The van der Waals surface area contributed by atoms with Crippen molar-refractivity contribution in [2.75, 3.05) is 18.1 Å². The summed E-state index contributed by atoms with van der Waals surface area (Å²) in [6.07, 6.45) is 0. The molecular formula is C21H19NO2. The molecule has 0 aromatic heterocycles. The largest absolute Gasteiger partial charge is 0.492 e. The lowest BCUT2D eigenvalue weighted by Crippen LogP contribution is -2.34. The minimum absolute atomic E-state index is 0.0292. The predicted octanol–water partition coefficient (Wildman–Crippen LogP) is 4.41. The molecule has 0 saturated carbocycles. The fourth-order valence-electron chi connectivity index (χ4n) is 2.46. The van der Waals surface area contributed by atoms with E-state index in [-0.39, 0.29) is 5.91 Å². The number of hydrogen-bond donors (Lipinski definition) is 0. The zero-order valence-corrected chi connectivity index (χ0v) is 13.3. The van der Waals surface area contributed by atoms with Crippen molar-refractivity contribution in [3.63, 3.8) is 0 Å². The van der Waals surface area contributed by atoms with E-state index in [1.54, 1.807) is 4.90 Å². The van der Waals surface area contributed by atoms with Gasteiger partial charge in [-0.3, -0.25) is 4.79 Å². The minimum Gasteiger partial charge on any atom is -0.492 e. The molecule has 0 radical (unpaired) electrons. The summed E-state index contributed by atoms with van der Waals surface area (Å²) in [6.45, 7) is 0.907. The predicted molar refractivity (Wildman–Crippen MR) is 96.5 cm³/mol. The maximum Gasteiger partial charge on any atom is 0.258 e. The third-order valence-electron chi connectivity index (χ3n) is 3.66. The van der Waals surface area contributed by atoms with Crippen molar-refractivity contribution in [2.45, 2.75) is 0 Å². The first-order valence-electron chi connectivity index (χ1n) is 7.94. The van der Waals surface area contributed by atoms with Crippen molar-refractivity contribution in [2.24, 2.45) is 0 Å². The molecule has 3 nitrogen and oxygen atoms in total. The lowest BCUT2D eigenvalue weighted by atomic mass is 10.2. The van der Waals surface area contributed by atoms with Gasteiger partial charge in [-0.15, -0.1) is 0 Å². The molecule has 120 valence electrons. The van der Waals surface area contributed by atoms with Crippen molar-refractivity contribution in [1.29, 1.82) is 0 Å². The monoisotopic (exact) mass is 317 g/mol. The fraction of sp³-hybridized carbons (Fsp3) is 0.0952. The van der Waals surface area contributed by atoms with Crippen LogP contribution in [0.3, 0.4) is 0 Å². The summed E-state index contributed by atoms with van der Waals surface area (Å²) in [7, 11) is 0. The highest BCUT2D eigenvalue weighted by Gasteiger charge is 2.17. The number of ether oxygens (including phenoxy) is 1. The highest BCUT2D eigenvalue weighted by atomic mass is 16.5. The maximum absolute atomic E-state index is 12.9. The van der Waals surface area contributed by atoms with Crippen molar-refractivity contribution in [3.05, 3.63) is 96.6 Å². The number of rotatable bonds is 6. The summed E-state index contributed by atoms with van der Waals surface area (Å²) < 4.78 is 5.75. The molecule has 0 fully saturated rings. The molecule has 3 aromatic rings. The van der Waals surface area contributed by atoms with E-state index in [1.165, 1.54) is 0 Å². The van der Waals surface area contributed by atoms with E-state index in [0.29, 0.717) is 18.7 Å². The number of para-hydroxylation sites is 2. The van der Waals surface area contributed by atoms with E-state index in [0.717, 1.165) is 11.4 Å². The van der Waals surface area contributed by atoms with Crippen LogP contribution >= 0.6 is 0 Å². The van der Waals surface area contributed by atoms with Crippen molar-refractivity contribution in [1.82, 2.24) is 0 Å². The number of hydrogen-bond acceptors (Lipinski definition) is 2. The average molecular weight is 317 g/mol. The van der Waals surface area contributed by atoms with E-state index >= 15 is 0 Å². The quantitative estimate of drug-likeness (QED) is 0.674. The second-order valence-corrected chi connectivity index (χ2v) is 5.32. The molecule has 3 heteroatoms. The average Bonchev–Trinajstić information content (AvgIpc) is 2.67. The number of amides is 1. The molecule has 0 spiro atoms.